The topological polar surface area (TPSA) is 43.9 Å². The second-order valence-electron chi connectivity index (χ2n) is 7.17. The molecule has 2 aromatic rings. The van der Waals surface area contributed by atoms with Crippen LogP contribution in [-0.4, -0.2) is 48.9 Å². The van der Waals surface area contributed by atoms with Crippen LogP contribution in [0.15, 0.2) is 54.6 Å². The average molecular weight is 363 g/mol. The van der Waals surface area contributed by atoms with E-state index < -0.39 is 0 Å². The minimum absolute atomic E-state index is 0.0857. The molecule has 27 heavy (non-hydrogen) atoms. The van der Waals surface area contributed by atoms with E-state index in [4.69, 9.17) is 0 Å². The van der Waals surface area contributed by atoms with Crippen LogP contribution < -0.4 is 9.80 Å². The van der Waals surface area contributed by atoms with Gasteiger partial charge in [0.15, 0.2) is 0 Å². The summed E-state index contributed by atoms with van der Waals surface area (Å²) in [6.07, 6.45) is 1.22. The molecule has 0 saturated carbocycles. The van der Waals surface area contributed by atoms with Crippen LogP contribution in [0.1, 0.15) is 18.9 Å². The molecule has 0 unspecified atom stereocenters. The molecule has 2 fully saturated rings. The van der Waals surface area contributed by atoms with Crippen molar-refractivity contribution in [2.24, 2.45) is 0 Å². The first-order valence-electron chi connectivity index (χ1n) is 9.67. The summed E-state index contributed by atoms with van der Waals surface area (Å²) in [4.78, 5) is 31.4. The highest BCUT2D eigenvalue weighted by Gasteiger charge is 2.43. The molecule has 5 nitrogen and oxygen atoms in total. The van der Waals surface area contributed by atoms with Gasteiger partial charge in [0.2, 0.25) is 5.91 Å². The van der Waals surface area contributed by atoms with Crippen LogP contribution in [-0.2, 0) is 16.0 Å². The zero-order chi connectivity index (χ0) is 18.8. The largest absolute Gasteiger partial charge is 0.369 e. The van der Waals surface area contributed by atoms with Gasteiger partial charge in [-0.25, -0.2) is 4.90 Å². The van der Waals surface area contributed by atoms with Gasteiger partial charge >= 0.3 is 0 Å². The monoisotopic (exact) mass is 363 g/mol. The molecule has 2 heterocycles. The van der Waals surface area contributed by atoms with E-state index in [1.54, 1.807) is 0 Å². The summed E-state index contributed by atoms with van der Waals surface area (Å²) in [5.41, 5.74) is 3.10. The lowest BCUT2D eigenvalue weighted by Crippen LogP contribution is -2.52. The number of amides is 2. The Hall–Kier alpha value is -2.66. The van der Waals surface area contributed by atoms with Gasteiger partial charge in [0.25, 0.3) is 5.91 Å². The van der Waals surface area contributed by atoms with E-state index in [0.717, 1.165) is 32.6 Å². The summed E-state index contributed by atoms with van der Waals surface area (Å²) < 4.78 is 0. The molecule has 2 aliphatic rings. The minimum atomic E-state index is -0.332. The van der Waals surface area contributed by atoms with Gasteiger partial charge in [0, 0.05) is 31.9 Å². The molecule has 1 atom stereocenters. The van der Waals surface area contributed by atoms with Crippen LogP contribution in [0, 0.1) is 0 Å². The van der Waals surface area contributed by atoms with Crippen molar-refractivity contribution in [1.82, 2.24) is 4.90 Å². The zero-order valence-electron chi connectivity index (χ0n) is 15.7. The SMILES string of the molecule is CCc1ccc(N2C(=O)C[C@@H](N3CCN(c4ccccc4)CC3)C2=O)cc1. The summed E-state index contributed by atoms with van der Waals surface area (Å²) in [7, 11) is 0. The van der Waals surface area contributed by atoms with E-state index in [9.17, 15) is 9.59 Å². The van der Waals surface area contributed by atoms with E-state index in [-0.39, 0.29) is 24.3 Å². The molecule has 140 valence electrons. The highest BCUT2D eigenvalue weighted by molar-refractivity contribution is 6.22. The van der Waals surface area contributed by atoms with E-state index in [1.807, 2.05) is 42.5 Å². The Balaban J connectivity index is 1.43. The fraction of sp³-hybridized carbons (Fsp3) is 0.364. The maximum atomic E-state index is 13.0. The van der Waals surface area contributed by atoms with Crippen LogP contribution in [0.5, 0.6) is 0 Å². The molecular weight excluding hydrogens is 338 g/mol. The summed E-state index contributed by atoms with van der Waals surface area (Å²) in [6.45, 7) is 5.41. The van der Waals surface area contributed by atoms with Crippen molar-refractivity contribution in [2.45, 2.75) is 25.8 Å². The van der Waals surface area contributed by atoms with Gasteiger partial charge in [-0.1, -0.05) is 37.3 Å². The number of hydrogen-bond donors (Lipinski definition) is 0. The van der Waals surface area contributed by atoms with Crippen LogP contribution in [0.2, 0.25) is 0 Å². The summed E-state index contributed by atoms with van der Waals surface area (Å²) in [5, 5.41) is 0. The van der Waals surface area contributed by atoms with Crippen molar-refractivity contribution in [3.8, 4) is 0 Å². The summed E-state index contributed by atoms with van der Waals surface area (Å²) >= 11 is 0. The summed E-state index contributed by atoms with van der Waals surface area (Å²) in [5.74, 6) is -0.183. The van der Waals surface area contributed by atoms with Crippen LogP contribution >= 0.6 is 0 Å². The number of anilines is 2. The summed E-state index contributed by atoms with van der Waals surface area (Å²) in [6, 6.07) is 17.7. The number of benzene rings is 2. The van der Waals surface area contributed by atoms with Crippen LogP contribution in [0.25, 0.3) is 0 Å². The Morgan fingerprint density at radius 2 is 1.52 bits per heavy atom. The molecule has 0 spiro atoms. The first-order valence-corrected chi connectivity index (χ1v) is 9.67. The van der Waals surface area contributed by atoms with Gasteiger partial charge < -0.3 is 4.90 Å². The number of aryl methyl sites for hydroxylation is 1. The van der Waals surface area contributed by atoms with Gasteiger partial charge in [0.1, 0.15) is 0 Å². The van der Waals surface area contributed by atoms with Crippen molar-refractivity contribution in [2.75, 3.05) is 36.0 Å². The third-order valence-electron chi connectivity index (χ3n) is 5.60. The molecule has 2 saturated heterocycles. The molecule has 2 amide bonds. The molecule has 2 aromatic carbocycles. The van der Waals surface area contributed by atoms with Crippen molar-refractivity contribution >= 4 is 23.2 Å². The normalized spacial score (nSPS) is 21.1. The van der Waals surface area contributed by atoms with Crippen molar-refractivity contribution in [1.29, 1.82) is 0 Å². The quantitative estimate of drug-likeness (QED) is 0.784. The van der Waals surface area contributed by atoms with Crippen molar-refractivity contribution in [3.63, 3.8) is 0 Å². The average Bonchev–Trinajstić information content (AvgIpc) is 3.03. The number of para-hydroxylation sites is 1. The van der Waals surface area contributed by atoms with E-state index in [1.165, 1.54) is 16.2 Å². The number of nitrogens with zero attached hydrogens (tertiary/aromatic N) is 3. The highest BCUT2D eigenvalue weighted by atomic mass is 16.2. The third kappa shape index (κ3) is 3.47. The Kier molecular flexibility index (Phi) is 4.94. The maximum absolute atomic E-state index is 13.0. The molecule has 0 aliphatic carbocycles. The molecule has 5 heteroatoms. The lowest BCUT2D eigenvalue weighted by molar-refractivity contribution is -0.123. The standard InChI is InChI=1S/C22H25N3O2/c1-2-17-8-10-19(11-9-17)25-21(26)16-20(22(25)27)24-14-12-23(13-15-24)18-6-4-3-5-7-18/h3-11,20H,2,12-16H2,1H3/t20-/m1/s1. The van der Waals surface area contributed by atoms with Gasteiger partial charge in [-0.2, -0.15) is 0 Å². The molecule has 0 N–H and O–H groups in total. The molecule has 0 aromatic heterocycles. The number of carbonyl (C=O) groups is 2. The van der Waals surface area contributed by atoms with E-state index in [0.29, 0.717) is 5.69 Å². The minimum Gasteiger partial charge on any atom is -0.369 e. The highest BCUT2D eigenvalue weighted by Crippen LogP contribution is 2.27. The number of rotatable bonds is 4. The lowest BCUT2D eigenvalue weighted by Gasteiger charge is -2.38. The van der Waals surface area contributed by atoms with Gasteiger partial charge in [-0.05, 0) is 36.2 Å². The first kappa shape index (κ1) is 17.7. The maximum Gasteiger partial charge on any atom is 0.251 e. The van der Waals surface area contributed by atoms with E-state index in [2.05, 4.69) is 28.9 Å². The number of imide groups is 1. The smallest absolute Gasteiger partial charge is 0.251 e. The fourth-order valence-electron chi connectivity index (χ4n) is 3.98. The van der Waals surface area contributed by atoms with Crippen LogP contribution in [0.4, 0.5) is 11.4 Å². The fourth-order valence-corrected chi connectivity index (χ4v) is 3.98. The second kappa shape index (κ2) is 7.53. The molecule has 0 radical (unpaired) electrons. The Morgan fingerprint density at radius 3 is 2.15 bits per heavy atom. The van der Waals surface area contributed by atoms with E-state index >= 15 is 0 Å². The van der Waals surface area contributed by atoms with Gasteiger partial charge in [0.05, 0.1) is 18.2 Å². The van der Waals surface area contributed by atoms with Crippen molar-refractivity contribution < 1.29 is 9.59 Å². The Labute approximate surface area is 160 Å². The predicted molar refractivity (Wildman–Crippen MR) is 107 cm³/mol. The second-order valence-corrected chi connectivity index (χ2v) is 7.17. The van der Waals surface area contributed by atoms with Crippen molar-refractivity contribution in [3.05, 3.63) is 60.2 Å². The third-order valence-corrected chi connectivity index (χ3v) is 5.60. The zero-order valence-corrected chi connectivity index (χ0v) is 15.7. The number of hydrogen-bond acceptors (Lipinski definition) is 4. The Bertz CT molecular complexity index is 811. The lowest BCUT2D eigenvalue weighted by atomic mass is 10.1. The number of carbonyl (C=O) groups excluding carboxylic acids is 2. The molecule has 0 bridgehead atoms. The predicted octanol–water partition coefficient (Wildman–Crippen LogP) is 2.70. The Morgan fingerprint density at radius 1 is 0.852 bits per heavy atom. The molecule has 4 rings (SSSR count). The number of piperazine rings is 1. The van der Waals surface area contributed by atoms with Gasteiger partial charge in [-0.15, -0.1) is 0 Å². The molecule has 2 aliphatic heterocycles. The van der Waals surface area contributed by atoms with Crippen LogP contribution in [0.3, 0.4) is 0 Å². The molecular formula is C22H25N3O2. The van der Waals surface area contributed by atoms with Gasteiger partial charge in [-0.3, -0.25) is 14.5 Å². The first-order chi connectivity index (χ1) is 13.2.